The molecule has 0 unspecified atom stereocenters. The molecule has 0 spiro atoms. The van der Waals surface area contributed by atoms with Crippen LogP contribution in [-0.2, 0) is 27.5 Å². The lowest BCUT2D eigenvalue weighted by Gasteiger charge is -2.17. The van der Waals surface area contributed by atoms with E-state index in [1.807, 2.05) is 0 Å². The number of hydrogen-bond acceptors (Lipinski definition) is 3. The van der Waals surface area contributed by atoms with Crippen LogP contribution in [0.15, 0.2) is 53.4 Å². The third-order valence-electron chi connectivity index (χ3n) is 3.63. The Morgan fingerprint density at radius 1 is 1.11 bits per heavy atom. The summed E-state index contributed by atoms with van der Waals surface area (Å²) in [6.45, 7) is -0.730. The molecular weight excluding hydrogens is 388 g/mol. The number of nitrogens with zero attached hydrogens (tertiary/aromatic N) is 1. The van der Waals surface area contributed by atoms with Gasteiger partial charge in [-0.1, -0.05) is 12.1 Å². The van der Waals surface area contributed by atoms with E-state index in [0.717, 1.165) is 40.7 Å². The van der Waals surface area contributed by atoms with Crippen LogP contribution in [0.2, 0.25) is 0 Å². The lowest BCUT2D eigenvalue weighted by atomic mass is 10.1. The van der Waals surface area contributed by atoms with Gasteiger partial charge in [-0.05, 0) is 42.0 Å². The molecule has 2 aromatic carbocycles. The summed E-state index contributed by atoms with van der Waals surface area (Å²) in [4.78, 5) is 11.8. The van der Waals surface area contributed by atoms with Crippen LogP contribution in [0, 0.1) is 5.82 Å². The highest BCUT2D eigenvalue weighted by molar-refractivity contribution is 7.89. The van der Waals surface area contributed by atoms with Crippen molar-refractivity contribution >= 4 is 15.9 Å². The molecule has 0 aliphatic carbocycles. The quantitative estimate of drug-likeness (QED) is 0.753. The smallest absolute Gasteiger partial charge is 0.351 e. The molecule has 0 aliphatic heterocycles. The molecule has 0 fully saturated rings. The molecule has 0 radical (unpaired) electrons. The van der Waals surface area contributed by atoms with Gasteiger partial charge in [0.1, 0.15) is 5.82 Å². The van der Waals surface area contributed by atoms with Crippen LogP contribution < -0.4 is 5.32 Å². The fourth-order valence-electron chi connectivity index (χ4n) is 2.19. The summed E-state index contributed by atoms with van der Waals surface area (Å²) in [5.41, 5.74) is -0.618. The molecule has 0 bridgehead atoms. The van der Waals surface area contributed by atoms with E-state index in [4.69, 9.17) is 0 Å². The number of amides is 1. The topological polar surface area (TPSA) is 66.5 Å². The maximum atomic E-state index is 12.9. The molecule has 0 aliphatic rings. The van der Waals surface area contributed by atoms with Gasteiger partial charge in [0.15, 0.2) is 0 Å². The predicted molar refractivity (Wildman–Crippen MR) is 89.5 cm³/mol. The minimum Gasteiger partial charge on any atom is -0.351 e. The first-order chi connectivity index (χ1) is 12.5. The van der Waals surface area contributed by atoms with Gasteiger partial charge in [0.2, 0.25) is 15.9 Å². The Kier molecular flexibility index (Phi) is 6.22. The fraction of sp³-hybridized carbons (Fsp3) is 0.235. The van der Waals surface area contributed by atoms with Crippen LogP contribution in [0.1, 0.15) is 11.1 Å². The fourth-order valence-corrected chi connectivity index (χ4v) is 3.32. The van der Waals surface area contributed by atoms with Gasteiger partial charge in [-0.25, -0.2) is 12.8 Å². The number of sulfonamides is 1. The standard InChI is InChI=1S/C17H16F4N2O3S/c1-23(27(25,26)15-7-5-14(18)6-8-15)11-16(24)22-10-12-3-2-4-13(9-12)17(19,20)21/h2-9H,10-11H2,1H3,(H,22,24). The summed E-state index contributed by atoms with van der Waals surface area (Å²) in [6, 6.07) is 8.55. The highest BCUT2D eigenvalue weighted by Crippen LogP contribution is 2.29. The SMILES string of the molecule is CN(CC(=O)NCc1cccc(C(F)(F)F)c1)S(=O)(=O)c1ccc(F)cc1. The van der Waals surface area contributed by atoms with Crippen LogP contribution in [-0.4, -0.2) is 32.2 Å². The molecule has 10 heteroatoms. The van der Waals surface area contributed by atoms with Gasteiger partial charge in [0, 0.05) is 13.6 Å². The average molecular weight is 404 g/mol. The summed E-state index contributed by atoms with van der Waals surface area (Å²) in [5, 5.41) is 2.37. The molecular formula is C17H16F4N2O3S. The van der Waals surface area contributed by atoms with Gasteiger partial charge in [0.05, 0.1) is 17.0 Å². The predicted octanol–water partition coefficient (Wildman–Crippen LogP) is 2.78. The van der Waals surface area contributed by atoms with Crippen molar-refractivity contribution in [2.75, 3.05) is 13.6 Å². The Morgan fingerprint density at radius 3 is 2.33 bits per heavy atom. The van der Waals surface area contributed by atoms with Gasteiger partial charge in [0.25, 0.3) is 0 Å². The van der Waals surface area contributed by atoms with E-state index >= 15 is 0 Å². The number of alkyl halides is 3. The van der Waals surface area contributed by atoms with Crippen molar-refractivity contribution in [1.82, 2.24) is 9.62 Å². The molecule has 0 atom stereocenters. The lowest BCUT2D eigenvalue weighted by molar-refractivity contribution is -0.137. The zero-order chi connectivity index (χ0) is 20.2. The Bertz CT molecular complexity index is 913. The number of rotatable bonds is 6. The number of benzene rings is 2. The minimum absolute atomic E-state index is 0.183. The van der Waals surface area contributed by atoms with Crippen molar-refractivity contribution in [3.8, 4) is 0 Å². The summed E-state index contributed by atoms with van der Waals surface area (Å²) >= 11 is 0. The van der Waals surface area contributed by atoms with Gasteiger partial charge < -0.3 is 5.32 Å². The van der Waals surface area contributed by atoms with Crippen molar-refractivity contribution in [2.45, 2.75) is 17.6 Å². The zero-order valence-electron chi connectivity index (χ0n) is 14.1. The summed E-state index contributed by atoms with van der Waals surface area (Å²) in [6.07, 6.45) is -4.50. The van der Waals surface area contributed by atoms with E-state index in [9.17, 15) is 30.8 Å². The highest BCUT2D eigenvalue weighted by Gasteiger charge is 2.30. The van der Waals surface area contributed by atoms with E-state index in [1.54, 1.807) is 0 Å². The Hall–Kier alpha value is -2.46. The van der Waals surface area contributed by atoms with E-state index < -0.39 is 40.0 Å². The van der Waals surface area contributed by atoms with Crippen molar-refractivity contribution in [2.24, 2.45) is 0 Å². The van der Waals surface area contributed by atoms with E-state index in [1.165, 1.54) is 19.2 Å². The molecule has 0 saturated heterocycles. The summed E-state index contributed by atoms with van der Waals surface area (Å²) in [5.74, 6) is -1.30. The molecule has 0 saturated carbocycles. The molecule has 0 aromatic heterocycles. The second kappa shape index (κ2) is 8.05. The third-order valence-corrected chi connectivity index (χ3v) is 5.45. The number of likely N-dealkylation sites (N-methyl/N-ethyl adjacent to an activating group) is 1. The first-order valence-corrected chi connectivity index (χ1v) is 9.09. The van der Waals surface area contributed by atoms with Gasteiger partial charge in [-0.15, -0.1) is 0 Å². The Morgan fingerprint density at radius 2 is 1.74 bits per heavy atom. The molecule has 5 nitrogen and oxygen atoms in total. The second-order valence-electron chi connectivity index (χ2n) is 5.69. The van der Waals surface area contributed by atoms with Crippen molar-refractivity contribution in [1.29, 1.82) is 0 Å². The molecule has 1 amide bonds. The number of carbonyl (C=O) groups is 1. The lowest BCUT2D eigenvalue weighted by Crippen LogP contribution is -2.38. The maximum absolute atomic E-state index is 12.9. The summed E-state index contributed by atoms with van der Waals surface area (Å²) in [7, 11) is -2.83. The molecule has 146 valence electrons. The number of nitrogens with one attached hydrogen (secondary N) is 1. The van der Waals surface area contributed by atoms with Crippen LogP contribution in [0.4, 0.5) is 17.6 Å². The van der Waals surface area contributed by atoms with Crippen molar-refractivity contribution in [3.63, 3.8) is 0 Å². The first kappa shape index (κ1) is 20.8. The van der Waals surface area contributed by atoms with Crippen molar-refractivity contribution in [3.05, 3.63) is 65.5 Å². The normalized spacial score (nSPS) is 12.2. The highest BCUT2D eigenvalue weighted by atomic mass is 32.2. The molecule has 1 N–H and O–H groups in total. The zero-order valence-corrected chi connectivity index (χ0v) is 14.9. The molecule has 2 aromatic rings. The van der Waals surface area contributed by atoms with Gasteiger partial charge in [-0.3, -0.25) is 4.79 Å². The third kappa shape index (κ3) is 5.51. The number of hydrogen-bond donors (Lipinski definition) is 1. The van der Waals surface area contributed by atoms with Crippen LogP contribution in [0.25, 0.3) is 0 Å². The van der Waals surface area contributed by atoms with E-state index in [2.05, 4.69) is 5.32 Å². The minimum atomic E-state index is -4.50. The van der Waals surface area contributed by atoms with Crippen LogP contribution >= 0.6 is 0 Å². The van der Waals surface area contributed by atoms with Crippen LogP contribution in [0.3, 0.4) is 0 Å². The summed E-state index contributed by atoms with van der Waals surface area (Å²) < 4.78 is 76.3. The average Bonchev–Trinajstić information content (AvgIpc) is 2.60. The van der Waals surface area contributed by atoms with Gasteiger partial charge in [-0.2, -0.15) is 17.5 Å². The van der Waals surface area contributed by atoms with Gasteiger partial charge >= 0.3 is 6.18 Å². The Balaban J connectivity index is 1.98. The van der Waals surface area contributed by atoms with Crippen LogP contribution in [0.5, 0.6) is 0 Å². The monoisotopic (exact) mass is 404 g/mol. The molecule has 0 heterocycles. The number of carbonyl (C=O) groups excluding carboxylic acids is 1. The largest absolute Gasteiger partial charge is 0.416 e. The Labute approximate surface area is 153 Å². The first-order valence-electron chi connectivity index (χ1n) is 7.65. The molecule has 27 heavy (non-hydrogen) atoms. The van der Waals surface area contributed by atoms with E-state index in [-0.39, 0.29) is 17.0 Å². The molecule has 2 rings (SSSR count). The number of halogens is 4. The van der Waals surface area contributed by atoms with Crippen molar-refractivity contribution < 1.29 is 30.8 Å². The second-order valence-corrected chi connectivity index (χ2v) is 7.73. The maximum Gasteiger partial charge on any atom is 0.416 e. The van der Waals surface area contributed by atoms with E-state index in [0.29, 0.717) is 0 Å².